The Labute approximate surface area is 113 Å². The molecule has 0 aromatic heterocycles. The third kappa shape index (κ3) is 3.89. The van der Waals surface area contributed by atoms with Crippen molar-refractivity contribution in [1.29, 1.82) is 0 Å². The van der Waals surface area contributed by atoms with Gasteiger partial charge in [0.15, 0.2) is 0 Å². The first kappa shape index (κ1) is 14.8. The quantitative estimate of drug-likeness (QED) is 0.602. The van der Waals surface area contributed by atoms with Gasteiger partial charge in [-0.3, -0.25) is 0 Å². The van der Waals surface area contributed by atoms with Gasteiger partial charge in [-0.05, 0) is 35.8 Å². The summed E-state index contributed by atoms with van der Waals surface area (Å²) in [4.78, 5) is 0. The summed E-state index contributed by atoms with van der Waals surface area (Å²) < 4.78 is 5.16. The van der Waals surface area contributed by atoms with Crippen LogP contribution < -0.4 is 10.0 Å². The second kappa shape index (κ2) is 7.23. The number of rotatable bonds is 4. The van der Waals surface area contributed by atoms with Crippen LogP contribution in [-0.4, -0.2) is 22.2 Å². The summed E-state index contributed by atoms with van der Waals surface area (Å²) >= 11 is 0. The van der Waals surface area contributed by atoms with Crippen molar-refractivity contribution in [3.05, 3.63) is 60.2 Å². The molecule has 0 N–H and O–H groups in total. The Balaban J connectivity index is 0.00000162. The highest BCUT2D eigenvalue weighted by Crippen LogP contribution is 2.34. The summed E-state index contributed by atoms with van der Waals surface area (Å²) in [6, 6.07) is 19.1. The van der Waals surface area contributed by atoms with Gasteiger partial charge in [-0.1, -0.05) is 50.4 Å². The van der Waals surface area contributed by atoms with Gasteiger partial charge in [0, 0.05) is 8.41 Å². The molecule has 1 unspecified atom stereocenters. The van der Waals surface area contributed by atoms with Crippen LogP contribution in [0.1, 0.15) is 5.56 Å². The third-order valence-corrected chi connectivity index (χ3v) is 4.79. The fraction of sp³-hybridized carbons (Fsp3) is 0.200. The van der Waals surface area contributed by atoms with Gasteiger partial charge >= 0.3 is 0 Å². The first-order valence-corrected chi connectivity index (χ1v) is 7.66. The maximum Gasteiger partial charge on any atom is 0.118 e. The van der Waals surface area contributed by atoms with Crippen LogP contribution in [-0.2, 0) is 6.16 Å². The van der Waals surface area contributed by atoms with E-state index in [0.717, 1.165) is 11.9 Å². The van der Waals surface area contributed by atoms with E-state index in [1.165, 1.54) is 10.9 Å². The molecule has 0 aliphatic heterocycles. The molecule has 2 aromatic carbocycles. The maximum absolute atomic E-state index is 5.16. The summed E-state index contributed by atoms with van der Waals surface area (Å²) in [5, 5.41) is 1.46. The van der Waals surface area contributed by atoms with Crippen molar-refractivity contribution >= 4 is 21.6 Å². The van der Waals surface area contributed by atoms with Gasteiger partial charge in [0.05, 0.1) is 7.11 Å². The lowest BCUT2D eigenvalue weighted by Crippen LogP contribution is -2.00. The Morgan fingerprint density at radius 1 is 0.944 bits per heavy atom. The minimum atomic E-state index is -0.107. The summed E-state index contributed by atoms with van der Waals surface area (Å²) in [6.07, 6.45) is 1.13. The Bertz CT molecular complexity index is 456. The highest BCUT2D eigenvalue weighted by atomic mass is 31.1. The molecule has 2 aromatic rings. The second-order valence-corrected chi connectivity index (χ2v) is 6.27. The van der Waals surface area contributed by atoms with Crippen LogP contribution in [0.15, 0.2) is 54.6 Å². The lowest BCUT2D eigenvalue weighted by atomic mass is 10.2. The van der Waals surface area contributed by atoms with E-state index >= 15 is 0 Å². The Morgan fingerprint density at radius 3 is 2.11 bits per heavy atom. The van der Waals surface area contributed by atoms with Gasteiger partial charge in [0.25, 0.3) is 0 Å². The number of ether oxygens (including phenoxy) is 1. The van der Waals surface area contributed by atoms with E-state index in [4.69, 9.17) is 4.74 Å². The van der Waals surface area contributed by atoms with Gasteiger partial charge in [-0.15, -0.1) is 0 Å². The molecule has 0 aliphatic carbocycles. The average molecular weight is 255 g/mol. The number of methoxy groups -OCH3 is 1. The largest absolute Gasteiger partial charge is 0.497 e. The molecule has 0 saturated carbocycles. The lowest BCUT2D eigenvalue weighted by molar-refractivity contribution is 0.414. The van der Waals surface area contributed by atoms with E-state index in [1.54, 1.807) is 7.11 Å². The molecule has 1 nitrogen and oxygen atoms in total. The third-order valence-electron chi connectivity index (χ3n) is 2.78. The lowest BCUT2D eigenvalue weighted by Gasteiger charge is -2.12. The molecular formula is C15H17BOP. The molecule has 0 bridgehead atoms. The van der Waals surface area contributed by atoms with E-state index in [9.17, 15) is 0 Å². The fourth-order valence-corrected chi connectivity index (χ4v) is 3.40. The monoisotopic (exact) mass is 255 g/mol. The van der Waals surface area contributed by atoms with E-state index < -0.39 is 0 Å². The molecule has 3 radical (unpaired) electrons. The minimum absolute atomic E-state index is 0. The maximum atomic E-state index is 5.16. The molecule has 0 spiro atoms. The van der Waals surface area contributed by atoms with Crippen LogP contribution in [0.5, 0.6) is 5.75 Å². The zero-order chi connectivity index (χ0) is 12.1. The molecular weight excluding hydrogens is 238 g/mol. The van der Waals surface area contributed by atoms with Gasteiger partial charge < -0.3 is 4.74 Å². The van der Waals surface area contributed by atoms with Gasteiger partial charge in [-0.2, -0.15) is 0 Å². The molecule has 0 heterocycles. The van der Waals surface area contributed by atoms with Crippen LogP contribution >= 0.6 is 7.92 Å². The zero-order valence-electron chi connectivity index (χ0n) is 10.8. The summed E-state index contributed by atoms with van der Waals surface area (Å²) in [5.74, 6) is 0.925. The van der Waals surface area contributed by atoms with E-state index in [-0.39, 0.29) is 16.3 Å². The molecule has 1 atom stereocenters. The fourth-order valence-electron chi connectivity index (χ4n) is 1.78. The number of hydrogen-bond donors (Lipinski definition) is 0. The van der Waals surface area contributed by atoms with Crippen LogP contribution in [0, 0.1) is 0 Å². The Hall–Kier alpha value is -1.27. The normalized spacial score (nSPS) is 11.4. The van der Waals surface area contributed by atoms with Crippen molar-refractivity contribution in [2.75, 3.05) is 13.8 Å². The van der Waals surface area contributed by atoms with Crippen LogP contribution in [0.2, 0.25) is 0 Å². The predicted octanol–water partition coefficient (Wildman–Crippen LogP) is 3.25. The standard InChI is InChI=1S/C15H17OP.B/c1-16-14-10-8-13(9-11-14)12-17(2)15-6-4-3-5-7-15;/h3-11H,12H2,1-2H3;. The molecule has 0 aliphatic rings. The highest BCUT2D eigenvalue weighted by molar-refractivity contribution is 7.64. The average Bonchev–Trinajstić information content (AvgIpc) is 2.40. The first-order valence-electron chi connectivity index (χ1n) is 5.69. The van der Waals surface area contributed by atoms with Crippen molar-refractivity contribution in [2.24, 2.45) is 0 Å². The van der Waals surface area contributed by atoms with Crippen LogP contribution in [0.25, 0.3) is 0 Å². The van der Waals surface area contributed by atoms with E-state index in [1.807, 2.05) is 12.1 Å². The molecule has 91 valence electrons. The highest BCUT2D eigenvalue weighted by Gasteiger charge is 2.05. The number of benzene rings is 2. The molecule has 2 rings (SSSR count). The minimum Gasteiger partial charge on any atom is -0.497 e. The molecule has 18 heavy (non-hydrogen) atoms. The van der Waals surface area contributed by atoms with Gasteiger partial charge in [0.1, 0.15) is 5.75 Å². The Morgan fingerprint density at radius 2 is 1.56 bits per heavy atom. The van der Waals surface area contributed by atoms with Crippen molar-refractivity contribution in [1.82, 2.24) is 0 Å². The summed E-state index contributed by atoms with van der Waals surface area (Å²) in [7, 11) is 1.59. The zero-order valence-corrected chi connectivity index (χ0v) is 11.7. The van der Waals surface area contributed by atoms with Crippen molar-refractivity contribution in [3.63, 3.8) is 0 Å². The van der Waals surface area contributed by atoms with E-state index in [2.05, 4.69) is 49.1 Å². The van der Waals surface area contributed by atoms with Crippen LogP contribution in [0.3, 0.4) is 0 Å². The second-order valence-electron chi connectivity index (χ2n) is 4.04. The Kier molecular flexibility index (Phi) is 5.94. The summed E-state index contributed by atoms with van der Waals surface area (Å²) in [6.45, 7) is 2.33. The van der Waals surface area contributed by atoms with Crippen molar-refractivity contribution in [2.45, 2.75) is 6.16 Å². The van der Waals surface area contributed by atoms with Gasteiger partial charge in [0.2, 0.25) is 0 Å². The van der Waals surface area contributed by atoms with Crippen molar-refractivity contribution in [3.8, 4) is 5.75 Å². The smallest absolute Gasteiger partial charge is 0.118 e. The SMILES string of the molecule is COc1ccc(CP(C)c2ccccc2)cc1.[B]. The van der Waals surface area contributed by atoms with E-state index in [0.29, 0.717) is 0 Å². The topological polar surface area (TPSA) is 9.23 Å². The molecule has 0 saturated heterocycles. The first-order chi connectivity index (χ1) is 8.29. The number of hydrogen-bond acceptors (Lipinski definition) is 1. The molecule has 0 amide bonds. The van der Waals surface area contributed by atoms with Gasteiger partial charge in [-0.25, -0.2) is 0 Å². The molecule has 0 fully saturated rings. The predicted molar refractivity (Wildman–Crippen MR) is 81.4 cm³/mol. The van der Waals surface area contributed by atoms with Crippen molar-refractivity contribution < 1.29 is 4.74 Å². The molecule has 3 heteroatoms. The van der Waals surface area contributed by atoms with Crippen LogP contribution in [0.4, 0.5) is 0 Å². The summed E-state index contributed by atoms with van der Waals surface area (Å²) in [5.41, 5.74) is 1.38.